The Morgan fingerprint density at radius 2 is 2.14 bits per heavy atom. The van der Waals surface area contributed by atoms with E-state index in [4.69, 9.17) is 11.6 Å². The van der Waals surface area contributed by atoms with Gasteiger partial charge in [0.25, 0.3) is 0 Å². The number of anilines is 1. The third-order valence-electron chi connectivity index (χ3n) is 3.18. The molecule has 4 nitrogen and oxygen atoms in total. The molecule has 0 saturated carbocycles. The summed E-state index contributed by atoms with van der Waals surface area (Å²) >= 11 is 10.6. The summed E-state index contributed by atoms with van der Waals surface area (Å²) < 4.78 is 2.85. The number of nitrogens with zero attached hydrogens (tertiary/aromatic N) is 2. The first-order valence-electron chi connectivity index (χ1n) is 6.72. The average molecular weight is 399 g/mol. The van der Waals surface area contributed by atoms with Crippen LogP contribution in [0.5, 0.6) is 0 Å². The largest absolute Gasteiger partial charge is 0.354 e. The molecule has 2 aromatic heterocycles. The zero-order chi connectivity index (χ0) is 15.5. The molecule has 0 spiro atoms. The Labute approximate surface area is 145 Å². The number of nitrogens with one attached hydrogen (secondary N) is 1. The van der Waals surface area contributed by atoms with Crippen molar-refractivity contribution in [3.05, 3.63) is 45.1 Å². The summed E-state index contributed by atoms with van der Waals surface area (Å²) in [6.07, 6.45) is 0. The molecule has 0 radical (unpaired) electrons. The van der Waals surface area contributed by atoms with E-state index < -0.39 is 0 Å². The Morgan fingerprint density at radius 3 is 2.86 bits per heavy atom. The normalized spacial score (nSPS) is 11.0. The van der Waals surface area contributed by atoms with Crippen LogP contribution in [-0.2, 0) is 6.54 Å². The molecule has 1 aromatic carbocycles. The molecule has 0 aliphatic heterocycles. The van der Waals surface area contributed by atoms with E-state index in [0.29, 0.717) is 18.4 Å². The summed E-state index contributed by atoms with van der Waals surface area (Å²) in [5, 5.41) is 3.18. The van der Waals surface area contributed by atoms with Gasteiger partial charge in [-0.05, 0) is 40.2 Å². The number of benzene rings is 1. The number of rotatable bonds is 6. The van der Waals surface area contributed by atoms with E-state index in [1.54, 1.807) is 0 Å². The maximum absolute atomic E-state index is 12.5. The molecule has 0 aliphatic carbocycles. The third kappa shape index (κ3) is 3.19. The molecule has 0 bridgehead atoms. The molecule has 0 amide bonds. The molecule has 3 rings (SSSR count). The van der Waals surface area contributed by atoms with Crippen LogP contribution in [0, 0.1) is 0 Å². The molecule has 114 valence electrons. The van der Waals surface area contributed by atoms with Crippen LogP contribution in [0.25, 0.3) is 11.0 Å². The Hall–Kier alpha value is -1.37. The highest BCUT2D eigenvalue weighted by molar-refractivity contribution is 9.11. The zero-order valence-corrected chi connectivity index (χ0v) is 14.7. The summed E-state index contributed by atoms with van der Waals surface area (Å²) in [7, 11) is 0. The van der Waals surface area contributed by atoms with E-state index in [1.807, 2.05) is 41.0 Å². The first kappa shape index (κ1) is 15.5. The third-order valence-corrected chi connectivity index (χ3v) is 5.04. The molecule has 7 heteroatoms. The number of Topliss-reactive ketones (excluding diaryl/α,β-unsaturated/α-hetero) is 1. The number of thiophene rings is 1. The number of carbonyl (C=O) groups excluding carboxylic acids is 1. The van der Waals surface area contributed by atoms with Gasteiger partial charge in [-0.2, -0.15) is 0 Å². The highest BCUT2D eigenvalue weighted by atomic mass is 79.9. The number of aromatic nitrogens is 2. The number of ketones is 1. The van der Waals surface area contributed by atoms with E-state index in [2.05, 4.69) is 26.2 Å². The number of alkyl halides is 1. The van der Waals surface area contributed by atoms with Gasteiger partial charge in [0.1, 0.15) is 0 Å². The summed E-state index contributed by atoms with van der Waals surface area (Å²) in [6.45, 7) is 0.849. The lowest BCUT2D eigenvalue weighted by Crippen LogP contribution is -2.14. The van der Waals surface area contributed by atoms with Crippen LogP contribution in [0.4, 0.5) is 5.95 Å². The maximum Gasteiger partial charge on any atom is 0.204 e. The van der Waals surface area contributed by atoms with E-state index >= 15 is 0 Å². The van der Waals surface area contributed by atoms with Crippen molar-refractivity contribution in [2.45, 2.75) is 6.54 Å². The Bertz CT molecular complexity index is 814. The summed E-state index contributed by atoms with van der Waals surface area (Å²) in [4.78, 5) is 17.7. The fourth-order valence-corrected chi connectivity index (χ4v) is 3.63. The van der Waals surface area contributed by atoms with Crippen molar-refractivity contribution in [1.82, 2.24) is 9.55 Å². The minimum atomic E-state index is 0.0628. The van der Waals surface area contributed by atoms with Crippen molar-refractivity contribution in [3.8, 4) is 0 Å². The van der Waals surface area contributed by atoms with Crippen molar-refractivity contribution < 1.29 is 4.79 Å². The molecule has 0 saturated heterocycles. The predicted octanol–water partition coefficient (Wildman–Crippen LogP) is 4.39. The van der Waals surface area contributed by atoms with Crippen LogP contribution in [0.15, 0.2) is 40.2 Å². The van der Waals surface area contributed by atoms with Crippen molar-refractivity contribution in [3.63, 3.8) is 0 Å². The second-order valence-electron chi connectivity index (χ2n) is 4.65. The first-order chi connectivity index (χ1) is 10.7. The molecule has 2 heterocycles. The lowest BCUT2D eigenvalue weighted by atomic mass is 10.3. The molecular formula is C15H13BrClN3OS. The van der Waals surface area contributed by atoms with Gasteiger partial charge in [0, 0.05) is 12.4 Å². The molecule has 1 N–H and O–H groups in total. The number of hydrogen-bond donors (Lipinski definition) is 1. The van der Waals surface area contributed by atoms with Gasteiger partial charge >= 0.3 is 0 Å². The second kappa shape index (κ2) is 6.81. The highest BCUT2D eigenvalue weighted by Crippen LogP contribution is 2.25. The molecule has 22 heavy (non-hydrogen) atoms. The van der Waals surface area contributed by atoms with Crippen molar-refractivity contribution in [2.75, 3.05) is 17.7 Å². The fourth-order valence-electron chi connectivity index (χ4n) is 2.22. The van der Waals surface area contributed by atoms with Crippen molar-refractivity contribution >= 4 is 61.6 Å². The first-order valence-corrected chi connectivity index (χ1v) is 8.87. The quantitative estimate of drug-likeness (QED) is 0.495. The fraction of sp³-hybridized carbons (Fsp3) is 0.200. The Balaban J connectivity index is 1.95. The lowest BCUT2D eigenvalue weighted by molar-refractivity contribution is 0.0978. The lowest BCUT2D eigenvalue weighted by Gasteiger charge is -2.08. The number of fused-ring (bicyclic) bond motifs is 1. The standard InChI is InChI=1S/C15H13BrClN3OS/c16-14-6-5-13(22-14)12(21)9-20-11-4-2-1-3-10(11)19-15(20)18-8-7-17/h1-6H,7-9H2,(H,18,19). The van der Waals surface area contributed by atoms with Gasteiger partial charge in [0.05, 0.1) is 26.2 Å². The maximum atomic E-state index is 12.5. The number of hydrogen-bond acceptors (Lipinski definition) is 4. The van der Waals surface area contributed by atoms with Crippen LogP contribution in [0.3, 0.4) is 0 Å². The molecule has 0 unspecified atom stereocenters. The number of carbonyl (C=O) groups is 1. The summed E-state index contributed by atoms with van der Waals surface area (Å²) in [5.41, 5.74) is 1.79. The van der Waals surface area contributed by atoms with E-state index in [9.17, 15) is 4.79 Å². The van der Waals surface area contributed by atoms with Crippen molar-refractivity contribution in [1.29, 1.82) is 0 Å². The number of para-hydroxylation sites is 2. The van der Waals surface area contributed by atoms with Gasteiger partial charge in [-0.25, -0.2) is 4.98 Å². The van der Waals surface area contributed by atoms with Crippen LogP contribution in [-0.4, -0.2) is 27.8 Å². The molecule has 0 aliphatic rings. The predicted molar refractivity (Wildman–Crippen MR) is 95.3 cm³/mol. The number of halogens is 2. The van der Waals surface area contributed by atoms with E-state index in [0.717, 1.165) is 19.7 Å². The van der Waals surface area contributed by atoms with E-state index in [1.165, 1.54) is 11.3 Å². The van der Waals surface area contributed by atoms with Crippen LogP contribution < -0.4 is 5.32 Å². The smallest absolute Gasteiger partial charge is 0.204 e. The zero-order valence-electron chi connectivity index (χ0n) is 11.6. The van der Waals surface area contributed by atoms with Gasteiger partial charge < -0.3 is 9.88 Å². The van der Waals surface area contributed by atoms with Gasteiger partial charge in [-0.1, -0.05) is 12.1 Å². The van der Waals surface area contributed by atoms with Gasteiger partial charge in [0.15, 0.2) is 5.78 Å². The minimum Gasteiger partial charge on any atom is -0.354 e. The Kier molecular flexibility index (Phi) is 4.81. The van der Waals surface area contributed by atoms with Crippen molar-refractivity contribution in [2.24, 2.45) is 0 Å². The second-order valence-corrected chi connectivity index (χ2v) is 7.49. The van der Waals surface area contributed by atoms with Gasteiger partial charge in [-0.15, -0.1) is 22.9 Å². The van der Waals surface area contributed by atoms with Gasteiger partial charge in [-0.3, -0.25) is 4.79 Å². The number of imidazole rings is 1. The Morgan fingerprint density at radius 1 is 1.32 bits per heavy atom. The molecular weight excluding hydrogens is 386 g/mol. The highest BCUT2D eigenvalue weighted by Gasteiger charge is 2.15. The molecule has 0 atom stereocenters. The summed E-state index contributed by atoms with van der Waals surface area (Å²) in [6, 6.07) is 11.5. The van der Waals surface area contributed by atoms with Crippen LogP contribution in [0.1, 0.15) is 9.67 Å². The SMILES string of the molecule is O=C(Cn1c(NCCCl)nc2ccccc21)c1ccc(Br)s1. The van der Waals surface area contributed by atoms with Crippen LogP contribution >= 0.6 is 38.9 Å². The minimum absolute atomic E-state index is 0.0628. The van der Waals surface area contributed by atoms with Gasteiger partial charge in [0.2, 0.25) is 5.95 Å². The van der Waals surface area contributed by atoms with Crippen LogP contribution in [0.2, 0.25) is 0 Å². The molecule has 3 aromatic rings. The van der Waals surface area contributed by atoms with E-state index in [-0.39, 0.29) is 12.3 Å². The monoisotopic (exact) mass is 397 g/mol. The topological polar surface area (TPSA) is 46.9 Å². The summed E-state index contributed by atoms with van der Waals surface area (Å²) in [5.74, 6) is 1.22. The average Bonchev–Trinajstić information content (AvgIpc) is 3.10. The molecule has 0 fully saturated rings.